The molecule has 130 valence electrons. The number of benzene rings is 1. The van der Waals surface area contributed by atoms with E-state index in [1.54, 1.807) is 7.11 Å². The SMILES string of the molecule is COc1c2cccc1COCCSCCOCCSCCOC2. The second-order valence-electron chi connectivity index (χ2n) is 5.05. The Morgan fingerprint density at radius 2 is 1.26 bits per heavy atom. The molecule has 1 aromatic carbocycles. The molecule has 1 aliphatic heterocycles. The molecule has 2 bridgehead atoms. The van der Waals surface area contributed by atoms with Crippen molar-refractivity contribution >= 4 is 23.5 Å². The highest BCUT2D eigenvalue weighted by Crippen LogP contribution is 2.25. The summed E-state index contributed by atoms with van der Waals surface area (Å²) in [4.78, 5) is 0. The molecule has 0 saturated heterocycles. The van der Waals surface area contributed by atoms with Gasteiger partial charge in [-0.25, -0.2) is 0 Å². The van der Waals surface area contributed by atoms with Crippen LogP contribution in [0.5, 0.6) is 5.75 Å². The Balaban J connectivity index is 1.92. The summed E-state index contributed by atoms with van der Waals surface area (Å²) in [5, 5.41) is 0. The van der Waals surface area contributed by atoms with Crippen LogP contribution in [0.1, 0.15) is 11.1 Å². The molecule has 0 N–H and O–H groups in total. The molecule has 0 spiro atoms. The van der Waals surface area contributed by atoms with Crippen LogP contribution < -0.4 is 4.74 Å². The van der Waals surface area contributed by atoms with Crippen molar-refractivity contribution in [2.75, 3.05) is 56.5 Å². The summed E-state index contributed by atoms with van der Waals surface area (Å²) in [6.07, 6.45) is 0. The van der Waals surface area contributed by atoms with Gasteiger partial charge in [-0.15, -0.1) is 0 Å². The highest BCUT2D eigenvalue weighted by Gasteiger charge is 2.09. The lowest BCUT2D eigenvalue weighted by molar-refractivity contribution is 0.128. The smallest absolute Gasteiger partial charge is 0.129 e. The average Bonchev–Trinajstić information content (AvgIpc) is 2.57. The molecular weight excluding hydrogens is 332 g/mol. The van der Waals surface area contributed by atoms with E-state index in [0.29, 0.717) is 13.2 Å². The fourth-order valence-corrected chi connectivity index (χ4v) is 3.62. The predicted molar refractivity (Wildman–Crippen MR) is 97.8 cm³/mol. The quantitative estimate of drug-likeness (QED) is 0.767. The van der Waals surface area contributed by atoms with Crippen molar-refractivity contribution in [1.29, 1.82) is 0 Å². The number of thioether (sulfide) groups is 2. The van der Waals surface area contributed by atoms with Crippen LogP contribution in [-0.4, -0.2) is 56.5 Å². The normalized spacial score (nSPS) is 19.5. The number of methoxy groups -OCH3 is 1. The first kappa shape index (κ1) is 18.9. The number of hydrogen-bond donors (Lipinski definition) is 0. The molecule has 0 aliphatic carbocycles. The predicted octanol–water partition coefficient (Wildman–Crippen LogP) is 3.23. The molecule has 1 heterocycles. The second kappa shape index (κ2) is 12.0. The lowest BCUT2D eigenvalue weighted by Crippen LogP contribution is -2.07. The molecule has 1 aromatic rings. The maximum absolute atomic E-state index is 5.77. The monoisotopic (exact) mass is 358 g/mol. The number of para-hydroxylation sites is 1. The average molecular weight is 359 g/mol. The van der Waals surface area contributed by atoms with E-state index in [0.717, 1.165) is 66.3 Å². The third-order valence-electron chi connectivity index (χ3n) is 3.39. The van der Waals surface area contributed by atoms with Crippen molar-refractivity contribution in [1.82, 2.24) is 0 Å². The van der Waals surface area contributed by atoms with Gasteiger partial charge >= 0.3 is 0 Å². The molecule has 0 saturated carbocycles. The molecule has 23 heavy (non-hydrogen) atoms. The van der Waals surface area contributed by atoms with Crippen LogP contribution in [-0.2, 0) is 27.4 Å². The summed E-state index contributed by atoms with van der Waals surface area (Å²) in [6, 6.07) is 6.15. The van der Waals surface area contributed by atoms with Gasteiger partial charge in [-0.3, -0.25) is 0 Å². The van der Waals surface area contributed by atoms with Crippen molar-refractivity contribution < 1.29 is 18.9 Å². The minimum Gasteiger partial charge on any atom is -0.496 e. The zero-order chi connectivity index (χ0) is 16.2. The lowest BCUT2D eigenvalue weighted by atomic mass is 10.1. The molecule has 0 radical (unpaired) electrons. The summed E-state index contributed by atoms with van der Waals surface area (Å²) >= 11 is 3.75. The van der Waals surface area contributed by atoms with E-state index >= 15 is 0 Å². The molecule has 6 heteroatoms. The molecule has 0 unspecified atom stereocenters. The summed E-state index contributed by atoms with van der Waals surface area (Å²) < 4.78 is 22.7. The third kappa shape index (κ3) is 7.35. The highest BCUT2D eigenvalue weighted by molar-refractivity contribution is 7.99. The van der Waals surface area contributed by atoms with Crippen molar-refractivity contribution in [2.45, 2.75) is 13.2 Å². The number of hydrogen-bond acceptors (Lipinski definition) is 6. The summed E-state index contributed by atoms with van der Waals surface area (Å²) in [5.74, 6) is 4.92. The largest absolute Gasteiger partial charge is 0.496 e. The van der Waals surface area contributed by atoms with Crippen molar-refractivity contribution in [2.24, 2.45) is 0 Å². The van der Waals surface area contributed by atoms with Crippen LogP contribution in [0.2, 0.25) is 0 Å². The van der Waals surface area contributed by atoms with Crippen LogP contribution in [0, 0.1) is 0 Å². The topological polar surface area (TPSA) is 36.9 Å². The molecular formula is C17H26O4S2. The van der Waals surface area contributed by atoms with Crippen LogP contribution in [0.4, 0.5) is 0 Å². The van der Waals surface area contributed by atoms with Gasteiger partial charge in [0.05, 0.1) is 46.8 Å². The van der Waals surface area contributed by atoms with Crippen molar-refractivity contribution in [3.05, 3.63) is 29.3 Å². The van der Waals surface area contributed by atoms with Crippen molar-refractivity contribution in [3.63, 3.8) is 0 Å². The van der Waals surface area contributed by atoms with E-state index in [-0.39, 0.29) is 0 Å². The summed E-state index contributed by atoms with van der Waals surface area (Å²) in [7, 11) is 1.71. The van der Waals surface area contributed by atoms with Gasteiger partial charge in [0.2, 0.25) is 0 Å². The van der Waals surface area contributed by atoms with Crippen LogP contribution >= 0.6 is 23.5 Å². The maximum atomic E-state index is 5.77. The Hall–Kier alpha value is -0.400. The van der Waals surface area contributed by atoms with Gasteiger partial charge in [0, 0.05) is 34.1 Å². The Morgan fingerprint density at radius 3 is 1.74 bits per heavy atom. The number of fused-ring (bicyclic) bond motifs is 2. The third-order valence-corrected chi connectivity index (χ3v) is 5.21. The van der Waals surface area contributed by atoms with E-state index in [4.69, 9.17) is 18.9 Å². The summed E-state index contributed by atoms with van der Waals surface area (Å²) in [5.41, 5.74) is 2.16. The first-order valence-electron chi connectivity index (χ1n) is 7.95. The Bertz CT molecular complexity index is 408. The maximum Gasteiger partial charge on any atom is 0.129 e. The summed E-state index contributed by atoms with van der Waals surface area (Å²) in [6.45, 7) is 4.26. The lowest BCUT2D eigenvalue weighted by Gasteiger charge is -2.14. The van der Waals surface area contributed by atoms with E-state index < -0.39 is 0 Å². The van der Waals surface area contributed by atoms with Crippen LogP contribution in [0.25, 0.3) is 0 Å². The number of ether oxygens (including phenoxy) is 4. The molecule has 0 aromatic heterocycles. The van der Waals surface area contributed by atoms with Gasteiger partial charge in [-0.05, 0) is 0 Å². The standard InChI is InChI=1S/C17H26O4S2/c1-18-17-15-3-2-4-16(17)14-21-8-12-23-10-6-19-5-9-22-11-7-20-13-15/h2-4H,5-14H2,1H3. The van der Waals surface area contributed by atoms with Gasteiger partial charge in [0.1, 0.15) is 5.75 Å². The molecule has 2 rings (SSSR count). The first-order chi connectivity index (χ1) is 11.4. The van der Waals surface area contributed by atoms with Crippen LogP contribution in [0.15, 0.2) is 18.2 Å². The Morgan fingerprint density at radius 1 is 0.783 bits per heavy atom. The zero-order valence-electron chi connectivity index (χ0n) is 13.8. The van der Waals surface area contributed by atoms with Gasteiger partial charge in [-0.1, -0.05) is 18.2 Å². The molecule has 0 amide bonds. The van der Waals surface area contributed by atoms with Crippen LogP contribution in [0.3, 0.4) is 0 Å². The van der Waals surface area contributed by atoms with E-state index in [9.17, 15) is 0 Å². The minimum absolute atomic E-state index is 0.573. The van der Waals surface area contributed by atoms with E-state index in [1.807, 2.05) is 29.6 Å². The van der Waals surface area contributed by atoms with Gasteiger partial charge in [-0.2, -0.15) is 23.5 Å². The van der Waals surface area contributed by atoms with E-state index in [2.05, 4.69) is 12.1 Å². The fourth-order valence-electron chi connectivity index (χ4n) is 2.27. The molecule has 0 fully saturated rings. The molecule has 0 atom stereocenters. The van der Waals surface area contributed by atoms with Gasteiger partial charge in [0.15, 0.2) is 0 Å². The van der Waals surface area contributed by atoms with Gasteiger partial charge < -0.3 is 18.9 Å². The van der Waals surface area contributed by atoms with E-state index in [1.165, 1.54) is 0 Å². The van der Waals surface area contributed by atoms with Gasteiger partial charge in [0.25, 0.3) is 0 Å². The highest BCUT2D eigenvalue weighted by atomic mass is 32.2. The number of rotatable bonds is 1. The first-order valence-corrected chi connectivity index (χ1v) is 10.3. The Kier molecular flexibility index (Phi) is 9.90. The minimum atomic E-state index is 0.573. The zero-order valence-corrected chi connectivity index (χ0v) is 15.4. The molecule has 4 nitrogen and oxygen atoms in total. The fraction of sp³-hybridized carbons (Fsp3) is 0.647. The Labute approximate surface area is 147 Å². The molecule has 1 aliphatic rings. The second-order valence-corrected chi connectivity index (χ2v) is 7.50. The van der Waals surface area contributed by atoms with Crippen molar-refractivity contribution in [3.8, 4) is 5.75 Å².